The van der Waals surface area contributed by atoms with Gasteiger partial charge in [-0.1, -0.05) is 23.2 Å². The molecule has 0 spiro atoms. The van der Waals surface area contributed by atoms with E-state index in [1.54, 1.807) is 11.8 Å². The summed E-state index contributed by atoms with van der Waals surface area (Å²) in [6, 6.07) is 5.59. The summed E-state index contributed by atoms with van der Waals surface area (Å²) in [5.74, 6) is 1.03. The first-order valence-electron chi connectivity index (χ1n) is 5.63. The van der Waals surface area contributed by atoms with Gasteiger partial charge in [0.1, 0.15) is 0 Å². The molecule has 0 aromatic heterocycles. The zero-order chi connectivity index (χ0) is 12.1. The minimum absolute atomic E-state index is 0.739. The normalized spacial score (nSPS) is 17.3. The second-order valence-corrected chi connectivity index (χ2v) is 5.86. The molecule has 1 aromatic rings. The molecule has 0 bridgehead atoms. The van der Waals surface area contributed by atoms with Crippen LogP contribution in [0.5, 0.6) is 0 Å². The van der Waals surface area contributed by atoms with Crippen LogP contribution in [0.3, 0.4) is 0 Å². The summed E-state index contributed by atoms with van der Waals surface area (Å²) >= 11 is 13.8. The van der Waals surface area contributed by atoms with E-state index in [4.69, 9.17) is 27.9 Å². The van der Waals surface area contributed by atoms with Crippen LogP contribution in [0.15, 0.2) is 23.1 Å². The predicted molar refractivity (Wildman–Crippen MR) is 74.4 cm³/mol. The lowest BCUT2D eigenvalue weighted by atomic mass is 10.4. The molecule has 1 aliphatic rings. The number of nitrogens with zero attached hydrogens (tertiary/aromatic N) is 1. The monoisotopic (exact) mass is 291 g/mol. The smallest absolute Gasteiger partial charge is 0.0594 e. The number of hydrogen-bond donors (Lipinski definition) is 0. The number of thioether (sulfide) groups is 1. The Hall–Kier alpha value is 0.0700. The highest BCUT2D eigenvalue weighted by Gasteiger charge is 2.10. The van der Waals surface area contributed by atoms with E-state index < -0.39 is 0 Å². The molecule has 0 atom stereocenters. The lowest BCUT2D eigenvalue weighted by molar-refractivity contribution is 0.0410. The molecule has 2 nitrogen and oxygen atoms in total. The van der Waals surface area contributed by atoms with Gasteiger partial charge >= 0.3 is 0 Å². The molecule has 2 rings (SSSR count). The Morgan fingerprint density at radius 3 is 2.76 bits per heavy atom. The summed E-state index contributed by atoms with van der Waals surface area (Å²) in [5.41, 5.74) is 0. The molecule has 0 aliphatic carbocycles. The molecular weight excluding hydrogens is 277 g/mol. The molecule has 1 aliphatic heterocycles. The molecule has 0 N–H and O–H groups in total. The fourth-order valence-corrected chi connectivity index (χ4v) is 3.20. The topological polar surface area (TPSA) is 12.5 Å². The fraction of sp³-hybridized carbons (Fsp3) is 0.500. The largest absolute Gasteiger partial charge is 0.379 e. The van der Waals surface area contributed by atoms with Crippen LogP contribution in [0, 0.1) is 0 Å². The fourth-order valence-electron chi connectivity index (χ4n) is 1.70. The zero-order valence-corrected chi connectivity index (χ0v) is 11.8. The summed E-state index contributed by atoms with van der Waals surface area (Å²) in [6.45, 7) is 4.83. The molecule has 0 amide bonds. The standard InChI is InChI=1S/C12H15Cl2NOS/c13-10-1-2-11(14)12(9-10)17-8-5-15-3-6-16-7-4-15/h1-2,9H,3-8H2. The van der Waals surface area contributed by atoms with Gasteiger partial charge in [0.25, 0.3) is 0 Å². The number of rotatable bonds is 4. The third-order valence-electron chi connectivity index (χ3n) is 2.66. The van der Waals surface area contributed by atoms with Crippen molar-refractivity contribution in [1.29, 1.82) is 0 Å². The van der Waals surface area contributed by atoms with Gasteiger partial charge in [-0.2, -0.15) is 0 Å². The lowest BCUT2D eigenvalue weighted by Gasteiger charge is -2.26. The summed E-state index contributed by atoms with van der Waals surface area (Å²) in [6.07, 6.45) is 0. The maximum Gasteiger partial charge on any atom is 0.0594 e. The highest BCUT2D eigenvalue weighted by molar-refractivity contribution is 7.99. The van der Waals surface area contributed by atoms with Crippen molar-refractivity contribution in [3.05, 3.63) is 28.2 Å². The van der Waals surface area contributed by atoms with Crippen molar-refractivity contribution in [3.8, 4) is 0 Å². The molecule has 5 heteroatoms. The molecule has 17 heavy (non-hydrogen) atoms. The van der Waals surface area contributed by atoms with Crippen LogP contribution in [0.25, 0.3) is 0 Å². The second kappa shape index (κ2) is 6.86. The zero-order valence-electron chi connectivity index (χ0n) is 9.49. The molecule has 1 heterocycles. The molecule has 1 saturated heterocycles. The van der Waals surface area contributed by atoms with Crippen molar-refractivity contribution in [2.24, 2.45) is 0 Å². The van der Waals surface area contributed by atoms with Gasteiger partial charge in [-0.3, -0.25) is 4.90 Å². The number of benzene rings is 1. The first kappa shape index (κ1) is 13.5. The van der Waals surface area contributed by atoms with Gasteiger partial charge < -0.3 is 4.74 Å². The highest BCUT2D eigenvalue weighted by atomic mass is 35.5. The minimum Gasteiger partial charge on any atom is -0.379 e. The Labute approximate surface area is 116 Å². The van der Waals surface area contributed by atoms with Gasteiger partial charge in [0, 0.05) is 35.3 Å². The van der Waals surface area contributed by atoms with Crippen molar-refractivity contribution < 1.29 is 4.74 Å². The molecular formula is C12H15Cl2NOS. The Morgan fingerprint density at radius 2 is 2.00 bits per heavy atom. The summed E-state index contributed by atoms with van der Waals surface area (Å²) in [7, 11) is 0. The van der Waals surface area contributed by atoms with Crippen LogP contribution >= 0.6 is 35.0 Å². The number of ether oxygens (including phenoxy) is 1. The SMILES string of the molecule is Clc1ccc(Cl)c(SCCN2CCOCC2)c1. The maximum atomic E-state index is 6.10. The van der Waals surface area contributed by atoms with Crippen molar-refractivity contribution >= 4 is 35.0 Å². The number of morpholine rings is 1. The number of hydrogen-bond acceptors (Lipinski definition) is 3. The molecule has 1 fully saturated rings. The van der Waals surface area contributed by atoms with Gasteiger partial charge in [0.15, 0.2) is 0 Å². The van der Waals surface area contributed by atoms with Gasteiger partial charge in [0.2, 0.25) is 0 Å². The lowest BCUT2D eigenvalue weighted by Crippen LogP contribution is -2.37. The summed E-state index contributed by atoms with van der Waals surface area (Å²) in [4.78, 5) is 3.47. The van der Waals surface area contributed by atoms with Gasteiger partial charge in [-0.25, -0.2) is 0 Å². The van der Waals surface area contributed by atoms with Crippen molar-refractivity contribution in [2.45, 2.75) is 4.90 Å². The third kappa shape index (κ3) is 4.34. The average molecular weight is 292 g/mol. The minimum atomic E-state index is 0.739. The van der Waals surface area contributed by atoms with Gasteiger partial charge in [-0.05, 0) is 18.2 Å². The average Bonchev–Trinajstić information content (AvgIpc) is 2.35. The van der Waals surface area contributed by atoms with Crippen LogP contribution in [0.1, 0.15) is 0 Å². The van der Waals surface area contributed by atoms with Gasteiger partial charge in [0.05, 0.1) is 18.2 Å². The van der Waals surface area contributed by atoms with Crippen LogP contribution in [0.2, 0.25) is 10.0 Å². The van der Waals surface area contributed by atoms with Crippen LogP contribution in [0.4, 0.5) is 0 Å². The van der Waals surface area contributed by atoms with Crippen molar-refractivity contribution in [3.63, 3.8) is 0 Å². The Balaban J connectivity index is 1.79. The van der Waals surface area contributed by atoms with Crippen LogP contribution < -0.4 is 0 Å². The van der Waals surface area contributed by atoms with E-state index in [0.29, 0.717) is 0 Å². The van der Waals surface area contributed by atoms with Crippen molar-refractivity contribution in [1.82, 2.24) is 4.90 Å². The molecule has 0 radical (unpaired) electrons. The number of halogens is 2. The third-order valence-corrected chi connectivity index (χ3v) is 4.37. The van der Waals surface area contributed by atoms with Crippen LogP contribution in [-0.4, -0.2) is 43.5 Å². The molecule has 0 unspecified atom stereocenters. The van der Waals surface area contributed by atoms with Crippen molar-refractivity contribution in [2.75, 3.05) is 38.6 Å². The van der Waals surface area contributed by atoms with E-state index in [9.17, 15) is 0 Å². The van der Waals surface area contributed by atoms with E-state index in [2.05, 4.69) is 4.90 Å². The van der Waals surface area contributed by atoms with E-state index >= 15 is 0 Å². The first-order chi connectivity index (χ1) is 8.25. The first-order valence-corrected chi connectivity index (χ1v) is 7.38. The quantitative estimate of drug-likeness (QED) is 0.789. The predicted octanol–water partition coefficient (Wildman–Crippen LogP) is 3.42. The van der Waals surface area contributed by atoms with Crippen LogP contribution in [-0.2, 0) is 4.74 Å². The van der Waals surface area contributed by atoms with E-state index in [1.165, 1.54) is 0 Å². The second-order valence-electron chi connectivity index (χ2n) is 3.88. The molecule has 94 valence electrons. The van der Waals surface area contributed by atoms with E-state index in [1.807, 2.05) is 18.2 Å². The van der Waals surface area contributed by atoms with E-state index in [-0.39, 0.29) is 0 Å². The molecule has 1 aromatic carbocycles. The summed E-state index contributed by atoms with van der Waals surface area (Å²) < 4.78 is 5.31. The van der Waals surface area contributed by atoms with E-state index in [0.717, 1.165) is 53.5 Å². The van der Waals surface area contributed by atoms with Gasteiger partial charge in [-0.15, -0.1) is 11.8 Å². The Kier molecular flexibility index (Phi) is 5.45. The summed E-state index contributed by atoms with van der Waals surface area (Å²) in [5, 5.41) is 1.52. The Bertz CT molecular complexity index is 370. The highest BCUT2D eigenvalue weighted by Crippen LogP contribution is 2.29. The Morgan fingerprint density at radius 1 is 1.24 bits per heavy atom. The maximum absolute atomic E-state index is 6.10. The molecule has 0 saturated carbocycles.